The van der Waals surface area contributed by atoms with Gasteiger partial charge in [-0.2, -0.15) is 11.8 Å². The number of rotatable bonds is 7. The van der Waals surface area contributed by atoms with E-state index in [9.17, 15) is 9.59 Å². The van der Waals surface area contributed by atoms with Crippen molar-refractivity contribution < 1.29 is 14.3 Å². The van der Waals surface area contributed by atoms with Crippen LogP contribution in [0.2, 0.25) is 0 Å². The van der Waals surface area contributed by atoms with Gasteiger partial charge in [0.1, 0.15) is 12.4 Å². The van der Waals surface area contributed by atoms with Gasteiger partial charge in [0, 0.05) is 37.3 Å². The SMILES string of the molecule is CN(CCOc1ccccc1)C(=O)Nc1ccc(CC(=O)N2CCSCC2)cc1. The molecule has 0 bridgehead atoms. The standard InChI is InChI=1S/C22H27N3O3S/c1-24(11-14-28-20-5-3-2-4-6-20)22(27)23-19-9-7-18(8-10-19)17-21(26)25-12-15-29-16-13-25/h2-10H,11-17H2,1H3,(H,23,27). The summed E-state index contributed by atoms with van der Waals surface area (Å²) in [6, 6.07) is 16.8. The van der Waals surface area contributed by atoms with Gasteiger partial charge in [-0.05, 0) is 29.8 Å². The Bertz CT molecular complexity index is 793. The minimum absolute atomic E-state index is 0.167. The molecule has 0 aliphatic carbocycles. The summed E-state index contributed by atoms with van der Waals surface area (Å²) in [5.41, 5.74) is 1.66. The molecule has 0 radical (unpaired) electrons. The predicted octanol–water partition coefficient (Wildman–Crippen LogP) is 3.35. The molecule has 2 aromatic carbocycles. The van der Waals surface area contributed by atoms with Gasteiger partial charge in [0.2, 0.25) is 5.91 Å². The van der Waals surface area contributed by atoms with Gasteiger partial charge in [0.15, 0.2) is 0 Å². The smallest absolute Gasteiger partial charge is 0.321 e. The van der Waals surface area contributed by atoms with E-state index < -0.39 is 0 Å². The Morgan fingerprint density at radius 3 is 2.45 bits per heavy atom. The van der Waals surface area contributed by atoms with Crippen LogP contribution in [0.4, 0.5) is 10.5 Å². The second-order valence-corrected chi connectivity index (χ2v) is 8.10. The molecule has 1 aliphatic rings. The quantitative estimate of drug-likeness (QED) is 0.756. The number of nitrogens with zero attached hydrogens (tertiary/aromatic N) is 2. The fourth-order valence-corrected chi connectivity index (χ4v) is 3.85. The highest BCUT2D eigenvalue weighted by Gasteiger charge is 2.17. The molecule has 2 aromatic rings. The molecule has 154 valence electrons. The Hall–Kier alpha value is -2.67. The van der Waals surface area contributed by atoms with Gasteiger partial charge in [-0.3, -0.25) is 4.79 Å². The number of thioether (sulfide) groups is 1. The molecule has 0 spiro atoms. The number of amides is 3. The van der Waals surface area contributed by atoms with Crippen LogP contribution in [0.15, 0.2) is 54.6 Å². The molecule has 1 N–H and O–H groups in total. The molecule has 3 rings (SSSR count). The summed E-state index contributed by atoms with van der Waals surface area (Å²) in [5.74, 6) is 2.98. The van der Waals surface area contributed by atoms with Crippen molar-refractivity contribution in [2.45, 2.75) is 6.42 Å². The summed E-state index contributed by atoms with van der Waals surface area (Å²) in [4.78, 5) is 28.2. The maximum Gasteiger partial charge on any atom is 0.321 e. The number of para-hydroxylation sites is 1. The predicted molar refractivity (Wildman–Crippen MR) is 118 cm³/mol. The molecule has 1 heterocycles. The van der Waals surface area contributed by atoms with E-state index in [1.165, 1.54) is 0 Å². The van der Waals surface area contributed by atoms with Crippen molar-refractivity contribution in [2.24, 2.45) is 0 Å². The van der Waals surface area contributed by atoms with Crippen LogP contribution in [0.3, 0.4) is 0 Å². The summed E-state index contributed by atoms with van der Waals surface area (Å²) >= 11 is 1.89. The normalized spacial score (nSPS) is 13.6. The van der Waals surface area contributed by atoms with Gasteiger partial charge < -0.3 is 19.9 Å². The molecule has 6 nitrogen and oxygen atoms in total. The fourth-order valence-electron chi connectivity index (χ4n) is 2.94. The summed E-state index contributed by atoms with van der Waals surface area (Å²) in [6.07, 6.45) is 0.398. The lowest BCUT2D eigenvalue weighted by molar-refractivity contribution is -0.130. The highest BCUT2D eigenvalue weighted by atomic mass is 32.2. The van der Waals surface area contributed by atoms with Gasteiger partial charge in [0.25, 0.3) is 0 Å². The number of anilines is 1. The summed E-state index contributed by atoms with van der Waals surface area (Å²) < 4.78 is 5.62. The molecule has 0 aromatic heterocycles. The number of likely N-dealkylation sites (N-methyl/N-ethyl adjacent to an activating group) is 1. The zero-order chi connectivity index (χ0) is 20.5. The number of carbonyl (C=O) groups excluding carboxylic acids is 2. The zero-order valence-corrected chi connectivity index (χ0v) is 17.5. The van der Waals surface area contributed by atoms with E-state index in [2.05, 4.69) is 5.32 Å². The summed E-state index contributed by atoms with van der Waals surface area (Å²) in [5, 5.41) is 2.87. The first-order valence-corrected chi connectivity index (χ1v) is 10.9. The topological polar surface area (TPSA) is 61.9 Å². The Labute approximate surface area is 176 Å². The minimum atomic E-state index is -0.198. The van der Waals surface area contributed by atoms with Crippen molar-refractivity contribution in [1.29, 1.82) is 0 Å². The zero-order valence-electron chi connectivity index (χ0n) is 16.7. The fraction of sp³-hybridized carbons (Fsp3) is 0.364. The maximum absolute atomic E-state index is 12.4. The summed E-state index contributed by atoms with van der Waals surface area (Å²) in [6.45, 7) is 2.56. The Kier molecular flexibility index (Phi) is 7.81. The third-order valence-electron chi connectivity index (χ3n) is 4.71. The van der Waals surface area contributed by atoms with Gasteiger partial charge >= 0.3 is 6.03 Å². The van der Waals surface area contributed by atoms with E-state index >= 15 is 0 Å². The van der Waals surface area contributed by atoms with Crippen molar-refractivity contribution in [1.82, 2.24) is 9.80 Å². The third kappa shape index (κ3) is 6.71. The van der Waals surface area contributed by atoms with E-state index in [0.29, 0.717) is 25.3 Å². The van der Waals surface area contributed by atoms with Crippen LogP contribution in [-0.2, 0) is 11.2 Å². The van der Waals surface area contributed by atoms with E-state index in [1.54, 1.807) is 11.9 Å². The number of hydrogen-bond acceptors (Lipinski definition) is 4. The number of ether oxygens (including phenoxy) is 1. The molecule has 1 fully saturated rings. The van der Waals surface area contributed by atoms with Crippen molar-refractivity contribution in [3.8, 4) is 5.75 Å². The molecule has 1 aliphatic heterocycles. The van der Waals surface area contributed by atoms with Gasteiger partial charge in [-0.25, -0.2) is 4.79 Å². The van der Waals surface area contributed by atoms with Crippen molar-refractivity contribution >= 4 is 29.4 Å². The first-order valence-electron chi connectivity index (χ1n) is 9.76. The second kappa shape index (κ2) is 10.8. The number of carbonyl (C=O) groups is 2. The van der Waals surface area contributed by atoms with Crippen LogP contribution in [0.25, 0.3) is 0 Å². The Morgan fingerprint density at radius 2 is 1.76 bits per heavy atom. The van der Waals surface area contributed by atoms with E-state index in [1.807, 2.05) is 71.3 Å². The third-order valence-corrected chi connectivity index (χ3v) is 5.65. The highest BCUT2D eigenvalue weighted by molar-refractivity contribution is 7.99. The van der Waals surface area contributed by atoms with Crippen molar-refractivity contribution in [3.05, 3.63) is 60.2 Å². The Balaban J connectivity index is 1.42. The highest BCUT2D eigenvalue weighted by Crippen LogP contribution is 2.14. The molecule has 1 saturated heterocycles. The van der Waals surface area contributed by atoms with Crippen molar-refractivity contribution in [3.63, 3.8) is 0 Å². The van der Waals surface area contributed by atoms with E-state index in [0.717, 1.165) is 35.9 Å². The van der Waals surface area contributed by atoms with Crippen LogP contribution in [-0.4, -0.2) is 66.5 Å². The van der Waals surface area contributed by atoms with Crippen LogP contribution < -0.4 is 10.1 Å². The van der Waals surface area contributed by atoms with Crippen molar-refractivity contribution in [2.75, 3.05) is 50.1 Å². The monoisotopic (exact) mass is 413 g/mol. The van der Waals surface area contributed by atoms with Crippen LogP contribution in [0.5, 0.6) is 5.75 Å². The number of nitrogens with one attached hydrogen (secondary N) is 1. The molecule has 3 amide bonds. The average Bonchev–Trinajstić information content (AvgIpc) is 2.76. The van der Waals surface area contributed by atoms with E-state index in [-0.39, 0.29) is 11.9 Å². The van der Waals surface area contributed by atoms with Crippen LogP contribution in [0.1, 0.15) is 5.56 Å². The number of hydrogen-bond donors (Lipinski definition) is 1. The Morgan fingerprint density at radius 1 is 1.07 bits per heavy atom. The molecular formula is C22H27N3O3S. The lowest BCUT2D eigenvalue weighted by Crippen LogP contribution is -2.38. The molecule has 29 heavy (non-hydrogen) atoms. The number of benzene rings is 2. The largest absolute Gasteiger partial charge is 0.492 e. The van der Waals surface area contributed by atoms with Gasteiger partial charge in [0.05, 0.1) is 13.0 Å². The first-order chi connectivity index (χ1) is 14.1. The minimum Gasteiger partial charge on any atom is -0.492 e. The molecule has 0 atom stereocenters. The first kappa shape index (κ1) is 21.0. The van der Waals surface area contributed by atoms with Gasteiger partial charge in [-0.15, -0.1) is 0 Å². The lowest BCUT2D eigenvalue weighted by Gasteiger charge is -2.26. The molecular weight excluding hydrogens is 386 g/mol. The van der Waals surface area contributed by atoms with E-state index in [4.69, 9.17) is 4.74 Å². The van der Waals surface area contributed by atoms with Gasteiger partial charge in [-0.1, -0.05) is 30.3 Å². The average molecular weight is 414 g/mol. The second-order valence-electron chi connectivity index (χ2n) is 6.88. The maximum atomic E-state index is 12.4. The lowest BCUT2D eigenvalue weighted by atomic mass is 10.1. The molecule has 7 heteroatoms. The van der Waals surface area contributed by atoms with Crippen LogP contribution >= 0.6 is 11.8 Å². The molecule has 0 unspecified atom stereocenters. The molecule has 0 saturated carbocycles. The summed E-state index contributed by atoms with van der Waals surface area (Å²) in [7, 11) is 1.73. The van der Waals surface area contributed by atoms with Crippen LogP contribution in [0, 0.1) is 0 Å². The number of urea groups is 1.